The van der Waals surface area contributed by atoms with Crippen LogP contribution < -0.4 is 30.7 Å². The molecule has 1 aromatic carbocycles. The molecule has 0 spiro atoms. The van der Waals surface area contributed by atoms with E-state index in [4.69, 9.17) is 24.1 Å². The number of carboxylic acid groups (broad SMARTS) is 2. The number of ketones is 1. The standard InChI is InChI=1S/C22H24N4O10S.2ClH/c1-11(27)14-8-13-17(35-21(32)25-5-3-23-9-15(28)29)12-2-7-37-20(12)19(18(13)34-14)36-22(33)26-6-4-24-10-16(30)31;;/h2,7-8,23-24H,3-6,9-10H2,1H3,(H,25,32)(H,26,33)(H,28,29)(H,30,31);2*1H. The number of amides is 2. The number of thiophene rings is 1. The van der Waals surface area contributed by atoms with E-state index >= 15 is 0 Å². The SMILES string of the molecule is CC(=O)c1cc2c(OC(=O)NCCNCC(=O)O)c3ccsc3c(OC(=O)NCCNCC(=O)O)c2o1.Cl.Cl. The molecule has 39 heavy (non-hydrogen) atoms. The molecule has 0 aliphatic rings. The van der Waals surface area contributed by atoms with Crippen LogP contribution in [0.5, 0.6) is 11.5 Å². The summed E-state index contributed by atoms with van der Waals surface area (Å²) in [6.45, 7) is 1.32. The maximum absolute atomic E-state index is 12.4. The van der Waals surface area contributed by atoms with E-state index in [1.54, 1.807) is 11.4 Å². The van der Waals surface area contributed by atoms with Gasteiger partial charge in [0.15, 0.2) is 28.6 Å². The minimum Gasteiger partial charge on any atom is -0.480 e. The number of fused-ring (bicyclic) bond motifs is 2. The van der Waals surface area contributed by atoms with Crippen LogP contribution in [0, 0.1) is 0 Å². The molecule has 0 radical (unpaired) electrons. The summed E-state index contributed by atoms with van der Waals surface area (Å²) in [7, 11) is 0. The Bertz CT molecular complexity index is 1250. The minimum absolute atomic E-state index is 0. The van der Waals surface area contributed by atoms with Gasteiger partial charge in [0.05, 0.1) is 23.2 Å². The largest absolute Gasteiger partial charge is 0.480 e. The van der Waals surface area contributed by atoms with E-state index in [0.29, 0.717) is 10.1 Å². The van der Waals surface area contributed by atoms with E-state index in [0.717, 1.165) is 0 Å². The number of rotatable bonds is 13. The molecule has 0 bridgehead atoms. The Labute approximate surface area is 237 Å². The molecule has 0 unspecified atom stereocenters. The van der Waals surface area contributed by atoms with Crippen molar-refractivity contribution in [3.63, 3.8) is 0 Å². The van der Waals surface area contributed by atoms with Gasteiger partial charge >= 0.3 is 24.1 Å². The maximum atomic E-state index is 12.4. The molecule has 0 saturated heterocycles. The third-order valence-corrected chi connectivity index (χ3v) is 5.64. The summed E-state index contributed by atoms with van der Waals surface area (Å²) in [5, 5.41) is 29.8. The third-order valence-electron chi connectivity index (χ3n) is 4.73. The number of Topliss-reactive ketones (excluding diaryl/α,β-unsaturated/α-hetero) is 1. The normalized spacial score (nSPS) is 10.3. The van der Waals surface area contributed by atoms with E-state index in [1.165, 1.54) is 24.3 Å². The van der Waals surface area contributed by atoms with Gasteiger partial charge < -0.3 is 45.4 Å². The monoisotopic (exact) mass is 608 g/mol. The summed E-state index contributed by atoms with van der Waals surface area (Å²) in [6, 6.07) is 3.03. The van der Waals surface area contributed by atoms with Gasteiger partial charge in [-0.25, -0.2) is 9.59 Å². The number of carbonyl (C=O) groups is 5. The van der Waals surface area contributed by atoms with Crippen molar-refractivity contribution < 1.29 is 48.1 Å². The van der Waals surface area contributed by atoms with Gasteiger partial charge in [-0.15, -0.1) is 36.2 Å². The van der Waals surface area contributed by atoms with Crippen LogP contribution >= 0.6 is 36.2 Å². The molecule has 0 saturated carbocycles. The van der Waals surface area contributed by atoms with E-state index in [9.17, 15) is 24.0 Å². The number of nitrogens with one attached hydrogen (secondary N) is 4. The minimum atomic E-state index is -1.03. The Balaban J connectivity index is 0.00000380. The molecule has 2 amide bonds. The Kier molecular flexibility index (Phi) is 13.4. The molecular formula is C22H26Cl2N4O10S. The van der Waals surface area contributed by atoms with Gasteiger partial charge in [-0.2, -0.15) is 0 Å². The predicted molar refractivity (Wildman–Crippen MR) is 145 cm³/mol. The number of furan rings is 1. The van der Waals surface area contributed by atoms with Gasteiger partial charge in [0.25, 0.3) is 0 Å². The number of aliphatic carboxylic acids is 2. The van der Waals surface area contributed by atoms with Crippen molar-refractivity contribution in [3.8, 4) is 11.5 Å². The molecule has 14 nitrogen and oxygen atoms in total. The second-order valence-corrected chi connectivity index (χ2v) is 8.42. The zero-order valence-electron chi connectivity index (χ0n) is 20.4. The van der Waals surface area contributed by atoms with Crippen LogP contribution in [0.3, 0.4) is 0 Å². The molecule has 6 N–H and O–H groups in total. The second kappa shape index (κ2) is 15.7. The highest BCUT2D eigenvalue weighted by atomic mass is 35.5. The number of halogens is 2. The number of benzene rings is 1. The highest BCUT2D eigenvalue weighted by Gasteiger charge is 2.25. The van der Waals surface area contributed by atoms with Crippen LogP contribution in [-0.2, 0) is 9.59 Å². The summed E-state index contributed by atoms with van der Waals surface area (Å²) in [5.41, 5.74) is 0.0187. The number of hydrogen-bond donors (Lipinski definition) is 6. The lowest BCUT2D eigenvalue weighted by molar-refractivity contribution is -0.136. The molecule has 0 aliphatic heterocycles. The van der Waals surface area contributed by atoms with E-state index in [-0.39, 0.29) is 92.3 Å². The molecule has 0 aliphatic carbocycles. The quantitative estimate of drug-likeness (QED) is 0.122. The first-order valence-electron chi connectivity index (χ1n) is 10.9. The van der Waals surface area contributed by atoms with Gasteiger partial charge in [-0.1, -0.05) is 0 Å². The predicted octanol–water partition coefficient (Wildman–Crippen LogP) is 2.22. The van der Waals surface area contributed by atoms with E-state index < -0.39 is 29.9 Å². The van der Waals surface area contributed by atoms with E-state index in [2.05, 4.69) is 21.3 Å². The van der Waals surface area contributed by atoms with Gasteiger partial charge in [-0.3, -0.25) is 14.4 Å². The average molecular weight is 609 g/mol. The van der Waals surface area contributed by atoms with Crippen molar-refractivity contribution in [2.45, 2.75) is 6.92 Å². The first kappa shape index (κ1) is 33.4. The molecule has 2 heterocycles. The first-order chi connectivity index (χ1) is 17.7. The zero-order valence-corrected chi connectivity index (χ0v) is 22.8. The van der Waals surface area contributed by atoms with Gasteiger partial charge in [0.1, 0.15) is 0 Å². The van der Waals surface area contributed by atoms with Crippen molar-refractivity contribution >= 4 is 87.1 Å². The summed E-state index contributed by atoms with van der Waals surface area (Å²) >= 11 is 1.19. The molecule has 0 atom stereocenters. The molecular weight excluding hydrogens is 583 g/mol. The number of ether oxygens (including phenoxy) is 2. The average Bonchev–Trinajstić information content (AvgIpc) is 3.48. The van der Waals surface area contributed by atoms with Crippen molar-refractivity contribution in [1.82, 2.24) is 21.3 Å². The van der Waals surface area contributed by atoms with Crippen LogP contribution in [0.2, 0.25) is 0 Å². The highest BCUT2D eigenvalue weighted by Crippen LogP contribution is 2.46. The third kappa shape index (κ3) is 9.26. The van der Waals surface area contributed by atoms with Gasteiger partial charge in [0, 0.05) is 38.5 Å². The Hall–Kier alpha value is -3.63. The van der Waals surface area contributed by atoms with Crippen molar-refractivity contribution in [2.24, 2.45) is 0 Å². The maximum Gasteiger partial charge on any atom is 0.412 e. The van der Waals surface area contributed by atoms with Gasteiger partial charge in [-0.05, 0) is 17.5 Å². The summed E-state index contributed by atoms with van der Waals surface area (Å²) in [6.07, 6.45) is -1.66. The molecule has 2 aromatic heterocycles. The molecule has 214 valence electrons. The smallest absolute Gasteiger partial charge is 0.412 e. The first-order valence-corrected chi connectivity index (χ1v) is 11.8. The zero-order chi connectivity index (χ0) is 26.9. The summed E-state index contributed by atoms with van der Waals surface area (Å²) in [4.78, 5) is 57.9. The summed E-state index contributed by atoms with van der Waals surface area (Å²) < 4.78 is 17.1. The topological polar surface area (TPSA) is 206 Å². The lowest BCUT2D eigenvalue weighted by atomic mass is 10.1. The molecule has 3 rings (SSSR count). The lowest BCUT2D eigenvalue weighted by Crippen LogP contribution is -2.35. The highest BCUT2D eigenvalue weighted by molar-refractivity contribution is 7.17. The molecule has 17 heteroatoms. The fourth-order valence-corrected chi connectivity index (χ4v) is 4.04. The lowest BCUT2D eigenvalue weighted by Gasteiger charge is -2.12. The Morgan fingerprint density at radius 1 is 0.846 bits per heavy atom. The Morgan fingerprint density at radius 3 is 1.90 bits per heavy atom. The van der Waals surface area contributed by atoms with E-state index in [1.807, 2.05) is 0 Å². The molecule has 3 aromatic rings. The van der Waals surface area contributed by atoms with Crippen molar-refractivity contribution in [3.05, 3.63) is 23.3 Å². The van der Waals surface area contributed by atoms with Gasteiger partial charge in [0.2, 0.25) is 0 Å². The number of carboxylic acids is 2. The second-order valence-electron chi connectivity index (χ2n) is 7.50. The van der Waals surface area contributed by atoms with Crippen LogP contribution in [0.1, 0.15) is 17.5 Å². The fourth-order valence-electron chi connectivity index (χ4n) is 3.17. The fraction of sp³-hybridized carbons (Fsp3) is 0.318. The van der Waals surface area contributed by atoms with Crippen LogP contribution in [-0.4, -0.2) is 79.4 Å². The molecule has 0 fully saturated rings. The summed E-state index contributed by atoms with van der Waals surface area (Å²) in [5.74, 6) is -2.40. The number of carbonyl (C=O) groups excluding carboxylic acids is 3. The van der Waals surface area contributed by atoms with Crippen LogP contribution in [0.4, 0.5) is 9.59 Å². The van der Waals surface area contributed by atoms with Crippen molar-refractivity contribution in [2.75, 3.05) is 39.3 Å². The van der Waals surface area contributed by atoms with Crippen LogP contribution in [0.15, 0.2) is 21.9 Å². The van der Waals surface area contributed by atoms with Crippen molar-refractivity contribution in [1.29, 1.82) is 0 Å². The van der Waals surface area contributed by atoms with Crippen LogP contribution in [0.25, 0.3) is 21.1 Å². The Morgan fingerprint density at radius 2 is 1.38 bits per heavy atom. The number of hydrogen-bond acceptors (Lipinski definition) is 11.